The maximum Gasteiger partial charge on any atom is 0.254 e. The number of anilines is 1. The Kier molecular flexibility index (Phi) is 6.32. The smallest absolute Gasteiger partial charge is 0.254 e. The summed E-state index contributed by atoms with van der Waals surface area (Å²) in [5, 5.41) is 5.88. The molecule has 2 amide bonds. The van der Waals surface area contributed by atoms with E-state index in [1.54, 1.807) is 54.7 Å². The van der Waals surface area contributed by atoms with Gasteiger partial charge in [0.05, 0.1) is 11.3 Å². The molecule has 0 atom stereocenters. The number of hydrogen-bond acceptors (Lipinski definition) is 6. The molecule has 2 aromatic carbocycles. The maximum absolute atomic E-state index is 13.8. The van der Waals surface area contributed by atoms with Crippen LogP contribution in [-0.4, -0.2) is 29.3 Å². The van der Waals surface area contributed by atoms with E-state index in [9.17, 15) is 14.0 Å². The minimum Gasteiger partial charge on any atom is -0.454 e. The van der Waals surface area contributed by atoms with Crippen molar-refractivity contribution >= 4 is 29.3 Å². The Hall–Kier alpha value is -3.59. The van der Waals surface area contributed by atoms with Crippen molar-refractivity contribution in [1.29, 1.82) is 0 Å². The highest BCUT2D eigenvalue weighted by atomic mass is 32.2. The Morgan fingerprint density at radius 1 is 1.06 bits per heavy atom. The standard InChI is InChI=1S/C22H18FN3O4S/c23-17-6-2-1-4-14(17)11-25-21(28)16-5-3-9-24-22(16)31-12-20(27)26-15-7-8-18-19(10-15)30-13-29-18/h1-10H,11-13H2,(H,25,28)(H,26,27). The Morgan fingerprint density at radius 3 is 2.77 bits per heavy atom. The number of fused-ring (bicyclic) bond motifs is 1. The van der Waals surface area contributed by atoms with Gasteiger partial charge in [0, 0.05) is 30.1 Å². The first kappa shape index (κ1) is 20.7. The highest BCUT2D eigenvalue weighted by Crippen LogP contribution is 2.34. The highest BCUT2D eigenvalue weighted by molar-refractivity contribution is 8.00. The molecular formula is C22H18FN3O4S. The second-order valence-electron chi connectivity index (χ2n) is 6.54. The van der Waals surface area contributed by atoms with Crippen molar-refractivity contribution in [3.05, 3.63) is 77.7 Å². The van der Waals surface area contributed by atoms with Gasteiger partial charge >= 0.3 is 0 Å². The van der Waals surface area contributed by atoms with Gasteiger partial charge < -0.3 is 20.1 Å². The molecule has 0 saturated carbocycles. The molecule has 2 N–H and O–H groups in total. The van der Waals surface area contributed by atoms with E-state index in [0.29, 0.717) is 33.3 Å². The van der Waals surface area contributed by atoms with Crippen molar-refractivity contribution in [3.8, 4) is 11.5 Å². The Bertz CT molecular complexity index is 1130. The van der Waals surface area contributed by atoms with Gasteiger partial charge in [-0.05, 0) is 30.3 Å². The van der Waals surface area contributed by atoms with Crippen LogP contribution in [-0.2, 0) is 11.3 Å². The molecule has 1 aliphatic rings. The molecule has 4 rings (SSSR count). The van der Waals surface area contributed by atoms with Crippen molar-refractivity contribution in [2.75, 3.05) is 17.9 Å². The van der Waals surface area contributed by atoms with Crippen LogP contribution in [0.1, 0.15) is 15.9 Å². The van der Waals surface area contributed by atoms with Crippen molar-refractivity contribution in [1.82, 2.24) is 10.3 Å². The molecular weight excluding hydrogens is 421 g/mol. The predicted molar refractivity (Wildman–Crippen MR) is 114 cm³/mol. The minimum atomic E-state index is -0.393. The van der Waals surface area contributed by atoms with Crippen LogP contribution >= 0.6 is 11.8 Å². The first-order valence-electron chi connectivity index (χ1n) is 9.39. The molecule has 1 aliphatic heterocycles. The number of carbonyl (C=O) groups excluding carboxylic acids is 2. The van der Waals surface area contributed by atoms with Gasteiger partial charge in [0.15, 0.2) is 11.5 Å². The van der Waals surface area contributed by atoms with Gasteiger partial charge in [0.1, 0.15) is 10.8 Å². The quantitative estimate of drug-likeness (QED) is 0.547. The number of amides is 2. The number of hydrogen-bond donors (Lipinski definition) is 2. The average Bonchev–Trinajstić information content (AvgIpc) is 3.25. The van der Waals surface area contributed by atoms with Crippen LogP contribution in [0.2, 0.25) is 0 Å². The molecule has 9 heteroatoms. The van der Waals surface area contributed by atoms with E-state index in [1.807, 2.05) is 0 Å². The molecule has 0 bridgehead atoms. The maximum atomic E-state index is 13.8. The fraction of sp³-hybridized carbons (Fsp3) is 0.136. The minimum absolute atomic E-state index is 0.0507. The van der Waals surface area contributed by atoms with Crippen molar-refractivity contribution in [2.24, 2.45) is 0 Å². The molecule has 2 heterocycles. The number of halogens is 1. The van der Waals surface area contributed by atoms with Gasteiger partial charge in [0.2, 0.25) is 12.7 Å². The third-order valence-corrected chi connectivity index (χ3v) is 5.41. The van der Waals surface area contributed by atoms with Gasteiger partial charge in [-0.3, -0.25) is 9.59 Å². The summed E-state index contributed by atoms with van der Waals surface area (Å²) in [5.41, 5.74) is 1.29. The Labute approximate surface area is 182 Å². The van der Waals surface area contributed by atoms with Crippen LogP contribution in [0.3, 0.4) is 0 Å². The number of pyridine rings is 1. The summed E-state index contributed by atoms with van der Waals surface area (Å²) in [5.74, 6) is 0.223. The van der Waals surface area contributed by atoms with Gasteiger partial charge in [-0.15, -0.1) is 0 Å². The van der Waals surface area contributed by atoms with Crippen molar-refractivity contribution < 1.29 is 23.5 Å². The topological polar surface area (TPSA) is 89.6 Å². The normalized spacial score (nSPS) is 11.8. The van der Waals surface area contributed by atoms with E-state index in [4.69, 9.17) is 9.47 Å². The molecule has 31 heavy (non-hydrogen) atoms. The molecule has 0 saturated heterocycles. The fourth-order valence-corrected chi connectivity index (χ4v) is 3.69. The van der Waals surface area contributed by atoms with Crippen molar-refractivity contribution in [2.45, 2.75) is 11.6 Å². The number of carbonyl (C=O) groups is 2. The third kappa shape index (κ3) is 5.13. The van der Waals surface area contributed by atoms with E-state index < -0.39 is 5.91 Å². The van der Waals surface area contributed by atoms with Crippen LogP contribution < -0.4 is 20.1 Å². The molecule has 0 spiro atoms. The number of nitrogens with one attached hydrogen (secondary N) is 2. The van der Waals surface area contributed by atoms with E-state index in [0.717, 1.165) is 11.8 Å². The largest absolute Gasteiger partial charge is 0.454 e. The highest BCUT2D eigenvalue weighted by Gasteiger charge is 2.16. The molecule has 7 nitrogen and oxygen atoms in total. The zero-order valence-electron chi connectivity index (χ0n) is 16.3. The molecule has 3 aromatic rings. The van der Waals surface area contributed by atoms with Gasteiger partial charge in [-0.25, -0.2) is 9.37 Å². The lowest BCUT2D eigenvalue weighted by Gasteiger charge is -2.10. The summed E-state index contributed by atoms with van der Waals surface area (Å²) < 4.78 is 24.3. The Morgan fingerprint density at radius 2 is 1.90 bits per heavy atom. The fourth-order valence-electron chi connectivity index (χ4n) is 2.90. The average molecular weight is 439 g/mol. The van der Waals surface area contributed by atoms with Gasteiger partial charge in [-0.1, -0.05) is 30.0 Å². The summed E-state index contributed by atoms with van der Waals surface area (Å²) in [6.45, 7) is 0.207. The lowest BCUT2D eigenvalue weighted by atomic mass is 10.2. The van der Waals surface area contributed by atoms with Crippen molar-refractivity contribution in [3.63, 3.8) is 0 Å². The second kappa shape index (κ2) is 9.48. The second-order valence-corrected chi connectivity index (χ2v) is 7.50. The number of aromatic nitrogens is 1. The number of nitrogens with zero attached hydrogens (tertiary/aromatic N) is 1. The first-order chi connectivity index (χ1) is 15.1. The summed E-state index contributed by atoms with van der Waals surface area (Å²) in [4.78, 5) is 29.1. The summed E-state index contributed by atoms with van der Waals surface area (Å²) in [6.07, 6.45) is 1.55. The molecule has 0 aliphatic carbocycles. The number of thioether (sulfide) groups is 1. The van der Waals surface area contributed by atoms with E-state index in [-0.39, 0.29) is 30.8 Å². The number of ether oxygens (including phenoxy) is 2. The van der Waals surface area contributed by atoms with Crippen LogP contribution in [0, 0.1) is 5.82 Å². The SMILES string of the molecule is O=C(CSc1ncccc1C(=O)NCc1ccccc1F)Nc1ccc2c(c1)OCO2. The number of benzene rings is 2. The first-order valence-corrected chi connectivity index (χ1v) is 10.4. The third-order valence-electron chi connectivity index (χ3n) is 4.41. The van der Waals surface area contributed by atoms with E-state index in [1.165, 1.54) is 6.07 Å². The monoisotopic (exact) mass is 439 g/mol. The van der Waals surface area contributed by atoms with Crippen LogP contribution in [0.4, 0.5) is 10.1 Å². The summed E-state index contributed by atoms with van der Waals surface area (Å²) in [6, 6.07) is 14.6. The lowest BCUT2D eigenvalue weighted by Crippen LogP contribution is -2.24. The van der Waals surface area contributed by atoms with Crippen LogP contribution in [0.15, 0.2) is 65.8 Å². The zero-order chi connectivity index (χ0) is 21.6. The molecule has 0 radical (unpaired) electrons. The zero-order valence-corrected chi connectivity index (χ0v) is 17.1. The van der Waals surface area contributed by atoms with Gasteiger partial charge in [0.25, 0.3) is 5.91 Å². The van der Waals surface area contributed by atoms with E-state index in [2.05, 4.69) is 15.6 Å². The molecule has 0 fully saturated rings. The summed E-state index contributed by atoms with van der Waals surface area (Å²) >= 11 is 1.14. The van der Waals surface area contributed by atoms with E-state index >= 15 is 0 Å². The summed E-state index contributed by atoms with van der Waals surface area (Å²) in [7, 11) is 0. The molecule has 0 unspecified atom stereocenters. The van der Waals surface area contributed by atoms with Gasteiger partial charge in [-0.2, -0.15) is 0 Å². The Balaban J connectivity index is 1.35. The molecule has 1 aromatic heterocycles. The number of rotatable bonds is 7. The molecule has 158 valence electrons. The van der Waals surface area contributed by atoms with Crippen LogP contribution in [0.5, 0.6) is 11.5 Å². The predicted octanol–water partition coefficient (Wildman–Crippen LogP) is 3.61. The van der Waals surface area contributed by atoms with Crippen LogP contribution in [0.25, 0.3) is 0 Å². The lowest BCUT2D eigenvalue weighted by molar-refractivity contribution is -0.113.